The number of aliphatic hydroxyl groups excluding tert-OH is 1. The summed E-state index contributed by atoms with van der Waals surface area (Å²) in [7, 11) is 0. The molecule has 1 fully saturated rings. The number of nitrogens with one attached hydrogen (secondary N) is 2. The molecule has 188 valence electrons. The lowest BCUT2D eigenvalue weighted by Crippen LogP contribution is -2.27. The van der Waals surface area contributed by atoms with Crippen LogP contribution in [0.2, 0.25) is 0 Å². The molecule has 2 atom stereocenters. The average molecular weight is 498 g/mol. The minimum atomic E-state index is -0.405. The van der Waals surface area contributed by atoms with Gasteiger partial charge in [-0.25, -0.2) is 4.98 Å². The molecule has 1 saturated heterocycles. The van der Waals surface area contributed by atoms with Crippen LogP contribution in [0.25, 0.3) is 11.5 Å². The Labute approximate surface area is 213 Å². The van der Waals surface area contributed by atoms with E-state index in [2.05, 4.69) is 25.8 Å². The quantitative estimate of drug-likeness (QED) is 0.338. The number of carbonyl (C=O) groups excluding carboxylic acids is 1. The Morgan fingerprint density at radius 1 is 1.11 bits per heavy atom. The molecule has 2 aliphatic heterocycles. The Bertz CT molecular complexity index is 1390. The molecule has 2 aromatic carbocycles. The molecule has 4 aromatic rings. The van der Waals surface area contributed by atoms with E-state index in [4.69, 9.17) is 9.40 Å². The molecule has 0 saturated carbocycles. The predicted molar refractivity (Wildman–Crippen MR) is 137 cm³/mol. The maximum atomic E-state index is 12.9. The maximum Gasteiger partial charge on any atom is 0.254 e. The van der Waals surface area contributed by atoms with Gasteiger partial charge in [-0.05, 0) is 42.2 Å². The molecule has 3 N–H and O–H groups in total. The van der Waals surface area contributed by atoms with Gasteiger partial charge in [0.2, 0.25) is 12.3 Å². The van der Waals surface area contributed by atoms with E-state index < -0.39 is 6.04 Å². The normalized spacial score (nSPS) is 17.6. The van der Waals surface area contributed by atoms with Gasteiger partial charge in [0.25, 0.3) is 11.8 Å². The highest BCUT2D eigenvalue weighted by Crippen LogP contribution is 2.40. The Morgan fingerprint density at radius 3 is 2.81 bits per heavy atom. The largest absolute Gasteiger partial charge is 0.423 e. The van der Waals surface area contributed by atoms with Crippen molar-refractivity contribution < 1.29 is 14.3 Å². The molecule has 0 radical (unpaired) electrons. The third-order valence-electron chi connectivity index (χ3n) is 6.99. The second kappa shape index (κ2) is 9.98. The summed E-state index contributed by atoms with van der Waals surface area (Å²) in [5.41, 5.74) is 4.07. The first-order chi connectivity index (χ1) is 18.2. The molecule has 0 spiro atoms. The topological polar surface area (TPSA) is 129 Å². The molecule has 2 aromatic heterocycles. The standard InChI is InChI=1S/C27H27N7O3/c35-15-22(17-7-3-1-4-8-17)31-24-21(25-33-29-16-37-25)14-28-27(32-24)30-18-10-11-19-20(13-18)23-9-5-2-6-12-34(23)26(19)36/h1,3-4,7-8,10-11,13-14,16,22-23,35H,2,5-6,9,12,15H2,(H2,28,30,31,32)/t22-,23?/m1/s1. The number of amides is 1. The van der Waals surface area contributed by atoms with E-state index in [0.717, 1.165) is 54.6 Å². The molecule has 0 aliphatic carbocycles. The molecular formula is C27H27N7O3. The Hall–Kier alpha value is -4.31. The molecule has 4 heterocycles. The number of hydrogen-bond donors (Lipinski definition) is 3. The summed E-state index contributed by atoms with van der Waals surface area (Å²) in [5, 5.41) is 24.4. The van der Waals surface area contributed by atoms with Gasteiger partial charge in [-0.3, -0.25) is 4.79 Å². The molecule has 2 aliphatic rings. The van der Waals surface area contributed by atoms with Crippen LogP contribution in [0.5, 0.6) is 0 Å². The number of carbonyl (C=O) groups is 1. The first-order valence-corrected chi connectivity index (χ1v) is 12.5. The maximum absolute atomic E-state index is 12.9. The number of benzene rings is 2. The number of aliphatic hydroxyl groups is 1. The van der Waals surface area contributed by atoms with Gasteiger partial charge in [-0.1, -0.05) is 43.2 Å². The summed E-state index contributed by atoms with van der Waals surface area (Å²) in [6, 6.07) is 15.1. The van der Waals surface area contributed by atoms with Crippen molar-refractivity contribution in [3.8, 4) is 11.5 Å². The van der Waals surface area contributed by atoms with Gasteiger partial charge < -0.3 is 25.1 Å². The fourth-order valence-electron chi connectivity index (χ4n) is 5.15. The highest BCUT2D eigenvalue weighted by molar-refractivity contribution is 5.99. The van der Waals surface area contributed by atoms with Gasteiger partial charge in [-0.15, -0.1) is 10.2 Å². The molecule has 1 unspecified atom stereocenters. The molecular weight excluding hydrogens is 470 g/mol. The minimum absolute atomic E-state index is 0.121. The second-order valence-corrected chi connectivity index (χ2v) is 9.28. The summed E-state index contributed by atoms with van der Waals surface area (Å²) in [6.45, 7) is 0.667. The fourth-order valence-corrected chi connectivity index (χ4v) is 5.15. The summed E-state index contributed by atoms with van der Waals surface area (Å²) in [5.74, 6) is 1.19. The summed E-state index contributed by atoms with van der Waals surface area (Å²) < 4.78 is 5.40. The van der Waals surface area contributed by atoms with E-state index in [0.29, 0.717) is 17.3 Å². The summed E-state index contributed by atoms with van der Waals surface area (Å²) in [6.07, 6.45) is 7.15. The molecule has 0 bridgehead atoms. The monoisotopic (exact) mass is 497 g/mol. The zero-order valence-corrected chi connectivity index (χ0v) is 20.2. The number of aromatic nitrogens is 4. The third kappa shape index (κ3) is 4.51. The molecule has 37 heavy (non-hydrogen) atoms. The van der Waals surface area contributed by atoms with Crippen molar-refractivity contribution in [1.82, 2.24) is 25.1 Å². The number of fused-ring (bicyclic) bond motifs is 3. The van der Waals surface area contributed by atoms with E-state index >= 15 is 0 Å². The van der Waals surface area contributed by atoms with E-state index in [-0.39, 0.29) is 24.4 Å². The van der Waals surface area contributed by atoms with Crippen LogP contribution < -0.4 is 10.6 Å². The average Bonchev–Trinajstić information content (AvgIpc) is 3.46. The molecule has 6 rings (SSSR count). The highest BCUT2D eigenvalue weighted by atomic mass is 16.4. The summed E-state index contributed by atoms with van der Waals surface area (Å²) in [4.78, 5) is 24.1. The zero-order chi connectivity index (χ0) is 25.2. The van der Waals surface area contributed by atoms with E-state index in [1.165, 1.54) is 6.39 Å². The summed E-state index contributed by atoms with van der Waals surface area (Å²) >= 11 is 0. The molecule has 10 heteroatoms. The number of anilines is 3. The molecule has 10 nitrogen and oxygen atoms in total. The fraction of sp³-hybridized carbons (Fsp3) is 0.296. The lowest BCUT2D eigenvalue weighted by Gasteiger charge is -2.22. The van der Waals surface area contributed by atoms with Crippen molar-refractivity contribution in [3.05, 3.63) is 77.8 Å². The molecule has 1 amide bonds. The number of nitrogens with zero attached hydrogens (tertiary/aromatic N) is 5. The Balaban J connectivity index is 1.31. The highest BCUT2D eigenvalue weighted by Gasteiger charge is 2.37. The number of hydrogen-bond acceptors (Lipinski definition) is 9. The van der Waals surface area contributed by atoms with E-state index in [1.54, 1.807) is 6.20 Å². The van der Waals surface area contributed by atoms with Crippen molar-refractivity contribution in [2.45, 2.75) is 37.8 Å². The van der Waals surface area contributed by atoms with Gasteiger partial charge in [0.1, 0.15) is 5.82 Å². The Kier molecular flexibility index (Phi) is 6.23. The van der Waals surface area contributed by atoms with Crippen LogP contribution in [0.1, 0.15) is 59.3 Å². The SMILES string of the molecule is O=C1c2ccc(Nc3ncc(-c4nnco4)c(N[C@H](CO)c4ccccc4)n3)cc2C2CCCCCN12. The Morgan fingerprint density at radius 2 is 2.00 bits per heavy atom. The lowest BCUT2D eigenvalue weighted by atomic mass is 10.00. The van der Waals surface area contributed by atoms with Crippen molar-refractivity contribution in [2.24, 2.45) is 0 Å². The first-order valence-electron chi connectivity index (χ1n) is 12.5. The van der Waals surface area contributed by atoms with Crippen LogP contribution >= 0.6 is 0 Å². The van der Waals surface area contributed by atoms with Crippen LogP contribution in [0.3, 0.4) is 0 Å². The number of rotatable bonds is 7. The van der Waals surface area contributed by atoms with Gasteiger partial charge in [0.05, 0.1) is 24.3 Å². The smallest absolute Gasteiger partial charge is 0.254 e. The minimum Gasteiger partial charge on any atom is -0.423 e. The van der Waals surface area contributed by atoms with Gasteiger partial charge in [-0.2, -0.15) is 4.98 Å². The third-order valence-corrected chi connectivity index (χ3v) is 6.99. The van der Waals surface area contributed by atoms with Crippen molar-refractivity contribution in [2.75, 3.05) is 23.8 Å². The van der Waals surface area contributed by atoms with Crippen LogP contribution in [0, 0.1) is 0 Å². The van der Waals surface area contributed by atoms with E-state index in [1.807, 2.05) is 53.4 Å². The van der Waals surface area contributed by atoms with E-state index in [9.17, 15) is 9.90 Å². The second-order valence-electron chi connectivity index (χ2n) is 9.28. The van der Waals surface area contributed by atoms with Crippen molar-refractivity contribution in [1.29, 1.82) is 0 Å². The lowest BCUT2D eigenvalue weighted by molar-refractivity contribution is 0.0730. The van der Waals surface area contributed by atoms with Crippen LogP contribution in [-0.4, -0.2) is 49.2 Å². The van der Waals surface area contributed by atoms with Crippen LogP contribution in [0.4, 0.5) is 17.5 Å². The van der Waals surface area contributed by atoms with Crippen molar-refractivity contribution in [3.63, 3.8) is 0 Å². The van der Waals surface area contributed by atoms with Gasteiger partial charge in [0, 0.05) is 24.0 Å². The van der Waals surface area contributed by atoms with Crippen LogP contribution in [0.15, 0.2) is 65.5 Å². The first kappa shape index (κ1) is 23.1. The van der Waals surface area contributed by atoms with Gasteiger partial charge >= 0.3 is 0 Å². The zero-order valence-electron chi connectivity index (χ0n) is 20.2. The van der Waals surface area contributed by atoms with Gasteiger partial charge in [0.15, 0.2) is 0 Å². The van der Waals surface area contributed by atoms with Crippen molar-refractivity contribution >= 4 is 23.4 Å². The predicted octanol–water partition coefficient (Wildman–Crippen LogP) is 4.49. The van der Waals surface area contributed by atoms with Crippen LogP contribution in [-0.2, 0) is 0 Å².